The van der Waals surface area contributed by atoms with E-state index >= 15 is 0 Å². The van der Waals surface area contributed by atoms with Gasteiger partial charge in [0, 0.05) is 0 Å². The Bertz CT molecular complexity index is 464. The Morgan fingerprint density at radius 1 is 0.720 bits per heavy atom. The quantitative estimate of drug-likeness (QED) is 0.550. The second-order valence-corrected chi connectivity index (χ2v) is 4.76. The summed E-state index contributed by atoms with van der Waals surface area (Å²) in [7, 11) is 0. The van der Waals surface area contributed by atoms with E-state index in [4.69, 9.17) is 11.5 Å². The van der Waals surface area contributed by atoms with Crippen LogP contribution >= 0.6 is 0 Å². The highest BCUT2D eigenvalue weighted by Gasteiger charge is 2.21. The van der Waals surface area contributed by atoms with Gasteiger partial charge in [0.1, 0.15) is 0 Å². The van der Waals surface area contributed by atoms with Gasteiger partial charge in [-0.25, -0.2) is 0 Å². The second-order valence-electron chi connectivity index (χ2n) is 4.76. The Hall–Kier alpha value is -2.66. The Morgan fingerprint density at radius 3 is 1.04 bits per heavy atom. The van der Waals surface area contributed by atoms with E-state index in [1.165, 1.54) is 25.7 Å². The van der Waals surface area contributed by atoms with Crippen LogP contribution in [-0.4, -0.2) is 27.9 Å². The van der Waals surface area contributed by atoms with Gasteiger partial charge in [-0.3, -0.25) is 30.3 Å². The fourth-order valence-corrected chi connectivity index (χ4v) is 1.30. The van der Waals surface area contributed by atoms with Crippen molar-refractivity contribution >= 4 is 17.1 Å². The summed E-state index contributed by atoms with van der Waals surface area (Å²) in [5, 5.41) is 30.9. The lowest BCUT2D eigenvalue weighted by Gasteiger charge is -1.93. The van der Waals surface area contributed by atoms with E-state index in [2.05, 4.69) is 13.8 Å². The molecular formula is C14H25N5O6. The first kappa shape index (κ1) is 24.6. The fourth-order valence-electron chi connectivity index (χ4n) is 1.30. The van der Waals surface area contributed by atoms with Crippen LogP contribution in [0.1, 0.15) is 39.5 Å². The van der Waals surface area contributed by atoms with Crippen LogP contribution < -0.4 is 11.5 Å². The summed E-state index contributed by atoms with van der Waals surface area (Å²) in [5.74, 6) is 0. The number of rotatable bonds is 7. The highest BCUT2D eigenvalue weighted by molar-refractivity contribution is 5.52. The van der Waals surface area contributed by atoms with Gasteiger partial charge in [-0.05, 0) is 25.9 Å². The maximum atomic E-state index is 10.3. The summed E-state index contributed by atoms with van der Waals surface area (Å²) in [6.07, 6.45) is 4.77. The average molecular weight is 359 g/mol. The van der Waals surface area contributed by atoms with Crippen molar-refractivity contribution in [3.63, 3.8) is 0 Å². The minimum absolute atomic E-state index is 0.660. The monoisotopic (exact) mass is 359 g/mol. The van der Waals surface area contributed by atoms with Crippen LogP contribution in [0.4, 0.5) is 17.1 Å². The molecule has 0 aromatic heterocycles. The zero-order valence-electron chi connectivity index (χ0n) is 14.4. The topological polar surface area (TPSA) is 181 Å². The van der Waals surface area contributed by atoms with Crippen LogP contribution in [0, 0.1) is 30.3 Å². The third kappa shape index (κ3) is 12.4. The molecular weight excluding hydrogens is 334 g/mol. The second kappa shape index (κ2) is 14.9. The van der Waals surface area contributed by atoms with Crippen molar-refractivity contribution in [3.05, 3.63) is 48.5 Å². The van der Waals surface area contributed by atoms with Gasteiger partial charge in [-0.1, -0.05) is 26.7 Å². The first-order valence-electron chi connectivity index (χ1n) is 7.73. The molecule has 1 aromatic carbocycles. The summed E-state index contributed by atoms with van der Waals surface area (Å²) in [6.45, 7) is 5.95. The van der Waals surface area contributed by atoms with Gasteiger partial charge in [0.05, 0.1) is 33.0 Å². The van der Waals surface area contributed by atoms with E-state index in [9.17, 15) is 30.3 Å². The molecule has 142 valence electrons. The summed E-state index contributed by atoms with van der Waals surface area (Å²) < 4.78 is 0. The third-order valence-corrected chi connectivity index (χ3v) is 2.64. The van der Waals surface area contributed by atoms with Crippen molar-refractivity contribution in [2.75, 3.05) is 13.1 Å². The SMILES string of the molecule is CCCCN.CCCCN.O=[N+]([O-])c1cc([N+](=O)[O-])cc([N+](=O)[O-])c1. The van der Waals surface area contributed by atoms with Gasteiger partial charge < -0.3 is 11.5 Å². The molecule has 0 atom stereocenters. The fraction of sp³-hybridized carbons (Fsp3) is 0.571. The maximum absolute atomic E-state index is 10.3. The number of nitrogens with zero attached hydrogens (tertiary/aromatic N) is 3. The smallest absolute Gasteiger partial charge is 0.283 e. The normalized spacial score (nSPS) is 9.12. The van der Waals surface area contributed by atoms with Gasteiger partial charge in [0.25, 0.3) is 17.1 Å². The molecule has 0 heterocycles. The van der Waals surface area contributed by atoms with Crippen LogP contribution in [-0.2, 0) is 0 Å². The van der Waals surface area contributed by atoms with Crippen LogP contribution in [0.3, 0.4) is 0 Å². The molecule has 0 saturated heterocycles. The zero-order chi connectivity index (χ0) is 19.8. The summed E-state index contributed by atoms with van der Waals surface area (Å²) in [5.41, 5.74) is 8.23. The van der Waals surface area contributed by atoms with Crippen molar-refractivity contribution in [1.29, 1.82) is 0 Å². The van der Waals surface area contributed by atoms with Crippen LogP contribution in [0.2, 0.25) is 0 Å². The molecule has 0 radical (unpaired) electrons. The molecule has 11 nitrogen and oxygen atoms in total. The van der Waals surface area contributed by atoms with E-state index in [-0.39, 0.29) is 0 Å². The lowest BCUT2D eigenvalue weighted by molar-refractivity contribution is -0.403. The number of hydrogen-bond acceptors (Lipinski definition) is 8. The van der Waals surface area contributed by atoms with Crippen LogP contribution in [0.25, 0.3) is 0 Å². The maximum Gasteiger partial charge on any atom is 0.283 e. The van der Waals surface area contributed by atoms with Crippen molar-refractivity contribution in [2.24, 2.45) is 11.5 Å². The van der Waals surface area contributed by atoms with Crippen LogP contribution in [0.15, 0.2) is 18.2 Å². The molecule has 1 aromatic rings. The number of hydrogen-bond donors (Lipinski definition) is 2. The first-order valence-corrected chi connectivity index (χ1v) is 7.73. The summed E-state index contributed by atoms with van der Waals surface area (Å²) in [4.78, 5) is 28.1. The molecule has 25 heavy (non-hydrogen) atoms. The van der Waals surface area contributed by atoms with Crippen molar-refractivity contribution < 1.29 is 14.8 Å². The molecule has 0 aliphatic rings. The largest absolute Gasteiger partial charge is 0.330 e. The highest BCUT2D eigenvalue weighted by Crippen LogP contribution is 2.26. The van der Waals surface area contributed by atoms with Crippen LogP contribution in [0.5, 0.6) is 0 Å². The van der Waals surface area contributed by atoms with Gasteiger partial charge in [0.15, 0.2) is 0 Å². The predicted octanol–water partition coefficient (Wildman–Crippen LogP) is 2.90. The van der Waals surface area contributed by atoms with E-state index in [0.29, 0.717) is 18.2 Å². The Morgan fingerprint density at radius 2 is 0.960 bits per heavy atom. The molecule has 0 bridgehead atoms. The van der Waals surface area contributed by atoms with Crippen molar-refractivity contribution in [2.45, 2.75) is 39.5 Å². The molecule has 0 aliphatic carbocycles. The van der Waals surface area contributed by atoms with E-state index < -0.39 is 31.8 Å². The Balaban J connectivity index is 0. The average Bonchev–Trinajstić information content (AvgIpc) is 2.57. The summed E-state index contributed by atoms with van der Waals surface area (Å²) >= 11 is 0. The van der Waals surface area contributed by atoms with Gasteiger partial charge in [-0.2, -0.15) is 0 Å². The molecule has 1 rings (SSSR count). The molecule has 4 N–H and O–H groups in total. The van der Waals surface area contributed by atoms with Gasteiger partial charge >= 0.3 is 0 Å². The standard InChI is InChI=1S/C6H3N3O6.2C4H11N/c10-7(11)4-1-5(8(12)13)3-6(2-4)9(14)15;2*1-2-3-4-5/h1-3H;2*2-5H2,1H3. The summed E-state index contributed by atoms with van der Waals surface area (Å²) in [6, 6.07) is 1.98. The number of nitro benzene ring substituents is 3. The number of unbranched alkanes of at least 4 members (excludes halogenated alkanes) is 2. The van der Waals surface area contributed by atoms with Crippen molar-refractivity contribution in [3.8, 4) is 0 Å². The lowest BCUT2D eigenvalue weighted by Crippen LogP contribution is -1.96. The number of non-ortho nitro benzene ring substituents is 3. The lowest BCUT2D eigenvalue weighted by atomic mass is 10.2. The zero-order valence-corrected chi connectivity index (χ0v) is 14.4. The highest BCUT2D eigenvalue weighted by atomic mass is 16.6. The van der Waals surface area contributed by atoms with Gasteiger partial charge in [-0.15, -0.1) is 0 Å². The number of nitro groups is 3. The Labute approximate surface area is 145 Å². The number of nitrogens with two attached hydrogens (primary N) is 2. The molecule has 0 fully saturated rings. The molecule has 0 aliphatic heterocycles. The molecule has 0 amide bonds. The molecule has 0 spiro atoms. The number of benzene rings is 1. The molecule has 0 saturated carbocycles. The predicted molar refractivity (Wildman–Crippen MR) is 94.3 cm³/mol. The van der Waals surface area contributed by atoms with E-state index in [0.717, 1.165) is 13.1 Å². The van der Waals surface area contributed by atoms with E-state index in [1.54, 1.807) is 0 Å². The molecule has 0 unspecified atom stereocenters. The third-order valence-electron chi connectivity index (χ3n) is 2.64. The van der Waals surface area contributed by atoms with E-state index in [1.807, 2.05) is 0 Å². The van der Waals surface area contributed by atoms with Crippen molar-refractivity contribution in [1.82, 2.24) is 0 Å². The Kier molecular flexibility index (Phi) is 14.7. The molecule has 11 heteroatoms. The minimum atomic E-state index is -0.931. The minimum Gasteiger partial charge on any atom is -0.330 e. The first-order chi connectivity index (χ1) is 11.7. The van der Waals surface area contributed by atoms with Gasteiger partial charge in [0.2, 0.25) is 0 Å².